The molecule has 0 radical (unpaired) electrons. The number of rotatable bonds is 1. The van der Waals surface area contributed by atoms with Gasteiger partial charge in [-0.25, -0.2) is 0 Å². The number of fused-ring (bicyclic) bond motifs is 1. The number of allylic oxidation sites excluding steroid dienone is 1. The number of nitrogens with one attached hydrogen (secondary N) is 2. The quantitative estimate of drug-likeness (QED) is 0.692. The normalized spacial score (nSPS) is 36.5. The lowest BCUT2D eigenvalue weighted by Gasteiger charge is -2.57. The molecule has 4 amide bonds. The van der Waals surface area contributed by atoms with Crippen LogP contribution in [0.1, 0.15) is 5.56 Å². The summed E-state index contributed by atoms with van der Waals surface area (Å²) in [4.78, 5) is 54.3. The van der Waals surface area contributed by atoms with Gasteiger partial charge >= 0.3 is 0 Å². The SMILES string of the molecule is O=C1NC(=O)C2C1C1C=C3c4ccccc4N(c4ccccc4)C32[C@H]2C(=O)NC(=O)[C@@H]12. The van der Waals surface area contributed by atoms with Gasteiger partial charge in [0.05, 0.1) is 29.2 Å². The minimum Gasteiger partial charge on any atom is -0.329 e. The predicted molar refractivity (Wildman–Crippen MR) is 109 cm³/mol. The van der Waals surface area contributed by atoms with Crippen molar-refractivity contribution in [3.05, 3.63) is 66.2 Å². The fourth-order valence-electron chi connectivity index (χ4n) is 6.95. The van der Waals surface area contributed by atoms with Gasteiger partial charge in [0.25, 0.3) is 0 Å². The summed E-state index contributed by atoms with van der Waals surface area (Å²) >= 11 is 0. The third-order valence-corrected chi connectivity index (χ3v) is 7.77. The zero-order valence-electron chi connectivity index (χ0n) is 16.2. The predicted octanol–water partition coefficient (Wildman–Crippen LogP) is 1.38. The Morgan fingerprint density at radius 3 is 1.94 bits per heavy atom. The van der Waals surface area contributed by atoms with Crippen molar-refractivity contribution < 1.29 is 19.2 Å². The lowest BCUT2D eigenvalue weighted by Crippen LogP contribution is -2.68. The maximum atomic E-state index is 13.2. The van der Waals surface area contributed by atoms with Crippen LogP contribution in [0.5, 0.6) is 0 Å². The van der Waals surface area contributed by atoms with Crippen molar-refractivity contribution in [3.63, 3.8) is 0 Å². The smallest absolute Gasteiger partial charge is 0.233 e. The number of para-hydroxylation sites is 2. The number of hydrogen-bond acceptors (Lipinski definition) is 5. The highest BCUT2D eigenvalue weighted by Gasteiger charge is 2.77. The molecule has 0 aromatic heterocycles. The van der Waals surface area contributed by atoms with Crippen LogP contribution in [0.15, 0.2) is 60.7 Å². The van der Waals surface area contributed by atoms with Crippen LogP contribution in [-0.4, -0.2) is 29.2 Å². The summed E-state index contributed by atoms with van der Waals surface area (Å²) in [5.74, 6) is -4.80. The van der Waals surface area contributed by atoms with Crippen LogP contribution in [0, 0.1) is 29.6 Å². The molecule has 3 fully saturated rings. The molecule has 3 heterocycles. The molecule has 8 rings (SSSR count). The molecule has 2 aromatic rings. The summed E-state index contributed by atoms with van der Waals surface area (Å²) in [5.41, 5.74) is 2.36. The molecule has 7 heteroatoms. The molecule has 3 aliphatic carbocycles. The first kappa shape index (κ1) is 17.0. The Hall–Kier alpha value is -3.74. The number of imide groups is 2. The van der Waals surface area contributed by atoms with E-state index in [1.54, 1.807) is 0 Å². The van der Waals surface area contributed by atoms with Gasteiger partial charge in [-0.05, 0) is 23.8 Å². The van der Waals surface area contributed by atoms with Gasteiger partial charge < -0.3 is 4.90 Å². The van der Waals surface area contributed by atoms with Crippen molar-refractivity contribution in [2.75, 3.05) is 4.90 Å². The van der Waals surface area contributed by atoms with Crippen molar-refractivity contribution in [2.24, 2.45) is 29.6 Å². The Labute approximate surface area is 177 Å². The number of carbonyl (C=O) groups is 4. The Balaban J connectivity index is 1.62. The van der Waals surface area contributed by atoms with E-state index in [-0.39, 0.29) is 23.6 Å². The highest BCUT2D eigenvalue weighted by Crippen LogP contribution is 2.69. The fourth-order valence-corrected chi connectivity index (χ4v) is 6.95. The second kappa shape index (κ2) is 5.29. The number of benzene rings is 2. The van der Waals surface area contributed by atoms with Crippen LogP contribution < -0.4 is 15.5 Å². The van der Waals surface area contributed by atoms with E-state index in [9.17, 15) is 19.2 Å². The van der Waals surface area contributed by atoms with Gasteiger partial charge in [-0.15, -0.1) is 0 Å². The van der Waals surface area contributed by atoms with Crippen LogP contribution >= 0.6 is 0 Å². The Morgan fingerprint density at radius 1 is 0.710 bits per heavy atom. The Morgan fingerprint density at radius 2 is 1.29 bits per heavy atom. The van der Waals surface area contributed by atoms with E-state index in [1.165, 1.54) is 0 Å². The molecular formula is C24H17N3O4. The molecule has 6 aliphatic rings. The first-order valence-electron chi connectivity index (χ1n) is 10.4. The summed E-state index contributed by atoms with van der Waals surface area (Å²) in [6.45, 7) is 0. The van der Waals surface area contributed by atoms with Crippen molar-refractivity contribution in [3.8, 4) is 0 Å². The first-order valence-corrected chi connectivity index (χ1v) is 10.4. The monoisotopic (exact) mass is 411 g/mol. The third-order valence-electron chi connectivity index (χ3n) is 7.77. The summed E-state index contributed by atoms with van der Waals surface area (Å²) < 4.78 is 0. The third kappa shape index (κ3) is 1.70. The molecule has 2 N–H and O–H groups in total. The van der Waals surface area contributed by atoms with Crippen molar-refractivity contribution in [1.29, 1.82) is 0 Å². The van der Waals surface area contributed by atoms with Gasteiger partial charge in [0, 0.05) is 22.9 Å². The van der Waals surface area contributed by atoms with Gasteiger partial charge in [-0.1, -0.05) is 42.5 Å². The molecule has 31 heavy (non-hydrogen) atoms. The zero-order chi connectivity index (χ0) is 21.1. The van der Waals surface area contributed by atoms with Gasteiger partial charge in [0.15, 0.2) is 0 Å². The molecular weight excluding hydrogens is 394 g/mol. The summed E-state index contributed by atoms with van der Waals surface area (Å²) in [5, 5.41) is 5.01. The molecule has 3 aliphatic heterocycles. The van der Waals surface area contributed by atoms with Crippen LogP contribution in [0.2, 0.25) is 0 Å². The largest absolute Gasteiger partial charge is 0.329 e. The lowest BCUT2D eigenvalue weighted by molar-refractivity contribution is -0.138. The summed E-state index contributed by atoms with van der Waals surface area (Å²) in [7, 11) is 0. The molecule has 6 atom stereocenters. The van der Waals surface area contributed by atoms with E-state index < -0.39 is 35.1 Å². The Bertz CT molecular complexity index is 1220. The second-order valence-electron chi connectivity index (χ2n) is 8.89. The number of anilines is 2. The standard InChI is InChI=1S/C24H17N3O4/c28-20-16-13-10-14-12-8-4-5-9-15(12)27(11-6-2-1-3-7-11)24(14,18(16)22(30)25-20)19-17(13)21(29)26-23(19)31/h1-10,13,16-19H,(H,25,28,30)(H,26,29,31)/t13?,16-,17?,18+,19?,24?/m0/s1. The zero-order valence-corrected chi connectivity index (χ0v) is 16.2. The lowest BCUT2D eigenvalue weighted by atomic mass is 9.47. The maximum Gasteiger partial charge on any atom is 0.233 e. The molecule has 152 valence electrons. The van der Waals surface area contributed by atoms with E-state index in [4.69, 9.17) is 0 Å². The summed E-state index contributed by atoms with van der Waals surface area (Å²) in [6, 6.07) is 17.4. The van der Waals surface area contributed by atoms with Gasteiger partial charge in [0.2, 0.25) is 23.6 Å². The number of nitrogens with zero attached hydrogens (tertiary/aromatic N) is 1. The van der Waals surface area contributed by atoms with E-state index in [0.717, 1.165) is 22.5 Å². The summed E-state index contributed by atoms with van der Waals surface area (Å²) in [6.07, 6.45) is 1.99. The molecule has 1 saturated carbocycles. The molecule has 2 aromatic carbocycles. The average Bonchev–Trinajstić information content (AvgIpc) is 3.37. The first-order chi connectivity index (χ1) is 15.0. The van der Waals surface area contributed by atoms with E-state index >= 15 is 0 Å². The highest BCUT2D eigenvalue weighted by molar-refractivity contribution is 6.17. The number of carbonyl (C=O) groups excluding carboxylic acids is 4. The maximum absolute atomic E-state index is 13.2. The van der Waals surface area contributed by atoms with Crippen molar-refractivity contribution in [2.45, 2.75) is 5.54 Å². The Kier molecular flexibility index (Phi) is 2.90. The number of amides is 4. The fraction of sp³-hybridized carbons (Fsp3) is 0.250. The minimum absolute atomic E-state index is 0.357. The molecule has 2 bridgehead atoms. The van der Waals surface area contributed by atoms with Crippen molar-refractivity contribution >= 4 is 40.6 Å². The van der Waals surface area contributed by atoms with E-state index in [1.807, 2.05) is 65.6 Å². The number of hydrogen-bond donors (Lipinski definition) is 2. The van der Waals surface area contributed by atoms with Gasteiger partial charge in [-0.3, -0.25) is 29.8 Å². The van der Waals surface area contributed by atoms with Crippen LogP contribution in [0.4, 0.5) is 11.4 Å². The topological polar surface area (TPSA) is 95.6 Å². The highest BCUT2D eigenvalue weighted by atomic mass is 16.2. The van der Waals surface area contributed by atoms with Crippen LogP contribution in [0.25, 0.3) is 5.57 Å². The second-order valence-corrected chi connectivity index (χ2v) is 8.89. The average molecular weight is 411 g/mol. The van der Waals surface area contributed by atoms with Gasteiger partial charge in [0.1, 0.15) is 0 Å². The van der Waals surface area contributed by atoms with Crippen LogP contribution in [0.3, 0.4) is 0 Å². The molecule has 4 unspecified atom stereocenters. The van der Waals surface area contributed by atoms with E-state index in [2.05, 4.69) is 10.6 Å². The van der Waals surface area contributed by atoms with Crippen LogP contribution in [-0.2, 0) is 19.2 Å². The van der Waals surface area contributed by atoms with Crippen molar-refractivity contribution in [1.82, 2.24) is 10.6 Å². The molecule has 2 saturated heterocycles. The molecule has 7 nitrogen and oxygen atoms in total. The minimum atomic E-state index is -1.14. The van der Waals surface area contributed by atoms with Gasteiger partial charge in [-0.2, -0.15) is 0 Å². The molecule has 1 spiro atoms. The van der Waals surface area contributed by atoms with E-state index in [0.29, 0.717) is 0 Å².